The average Bonchev–Trinajstić information content (AvgIpc) is 2.25. The van der Waals surface area contributed by atoms with Crippen LogP contribution in [-0.2, 0) is 4.74 Å². The molecule has 0 aliphatic heterocycles. The molecule has 0 spiro atoms. The number of aliphatic hydroxyl groups excluding tert-OH is 1. The molecule has 102 valence electrons. The minimum Gasteiger partial charge on any atom is -0.391 e. The van der Waals surface area contributed by atoms with Crippen LogP contribution in [-0.4, -0.2) is 23.9 Å². The van der Waals surface area contributed by atoms with Crippen molar-refractivity contribution >= 4 is 0 Å². The molecule has 0 amide bonds. The number of nitrogens with two attached hydrogens (primary N) is 1. The van der Waals surface area contributed by atoms with Crippen molar-refractivity contribution in [1.29, 1.82) is 0 Å². The smallest absolute Gasteiger partial charge is 0.0957 e. The largest absolute Gasteiger partial charge is 0.391 e. The molecule has 0 heterocycles. The Bertz CT molecular complexity index is 378. The van der Waals surface area contributed by atoms with Crippen LogP contribution in [0.1, 0.15) is 42.2 Å². The van der Waals surface area contributed by atoms with E-state index in [-0.39, 0.29) is 12.2 Å². The van der Waals surface area contributed by atoms with Crippen LogP contribution in [0.3, 0.4) is 0 Å². The first-order valence-corrected chi connectivity index (χ1v) is 6.48. The minimum atomic E-state index is -0.495. The Morgan fingerprint density at radius 2 is 1.67 bits per heavy atom. The third-order valence-electron chi connectivity index (χ3n) is 3.33. The van der Waals surface area contributed by atoms with Gasteiger partial charge in [-0.3, -0.25) is 0 Å². The Labute approximate surface area is 110 Å². The topological polar surface area (TPSA) is 55.5 Å². The summed E-state index contributed by atoms with van der Waals surface area (Å²) >= 11 is 0. The third kappa shape index (κ3) is 3.55. The summed E-state index contributed by atoms with van der Waals surface area (Å²) in [4.78, 5) is 0. The van der Waals surface area contributed by atoms with Gasteiger partial charge in [0.15, 0.2) is 0 Å². The van der Waals surface area contributed by atoms with Crippen LogP contribution >= 0.6 is 0 Å². The van der Waals surface area contributed by atoms with E-state index in [4.69, 9.17) is 10.5 Å². The zero-order valence-electron chi connectivity index (χ0n) is 12.0. The Morgan fingerprint density at radius 1 is 1.17 bits per heavy atom. The van der Waals surface area contributed by atoms with Crippen LogP contribution in [0.15, 0.2) is 12.1 Å². The van der Waals surface area contributed by atoms with Gasteiger partial charge in [0, 0.05) is 6.54 Å². The molecule has 3 atom stereocenters. The number of aryl methyl sites for hydroxylation is 3. The van der Waals surface area contributed by atoms with Gasteiger partial charge in [-0.05, 0) is 51.3 Å². The zero-order valence-corrected chi connectivity index (χ0v) is 12.0. The first-order valence-electron chi connectivity index (χ1n) is 6.48. The Kier molecular flexibility index (Phi) is 5.32. The number of benzene rings is 1. The number of ether oxygens (including phenoxy) is 1. The maximum atomic E-state index is 9.53. The second kappa shape index (κ2) is 6.32. The van der Waals surface area contributed by atoms with Crippen molar-refractivity contribution in [3.05, 3.63) is 34.4 Å². The molecule has 0 saturated heterocycles. The molecule has 0 bridgehead atoms. The summed E-state index contributed by atoms with van der Waals surface area (Å²) in [5.74, 6) is 0. The molecule has 1 aromatic rings. The first-order chi connectivity index (χ1) is 8.36. The van der Waals surface area contributed by atoms with Crippen molar-refractivity contribution in [2.24, 2.45) is 5.73 Å². The predicted molar refractivity (Wildman–Crippen MR) is 74.7 cm³/mol. The highest BCUT2D eigenvalue weighted by Gasteiger charge is 2.20. The van der Waals surface area contributed by atoms with E-state index in [0.29, 0.717) is 6.54 Å². The lowest BCUT2D eigenvalue weighted by atomic mass is 9.95. The van der Waals surface area contributed by atoms with Gasteiger partial charge in [0.2, 0.25) is 0 Å². The minimum absolute atomic E-state index is 0.157. The van der Waals surface area contributed by atoms with Crippen LogP contribution in [0.2, 0.25) is 0 Å². The Hall–Kier alpha value is -0.900. The van der Waals surface area contributed by atoms with E-state index in [0.717, 1.165) is 5.56 Å². The van der Waals surface area contributed by atoms with E-state index >= 15 is 0 Å². The van der Waals surface area contributed by atoms with E-state index in [2.05, 4.69) is 32.9 Å². The highest BCUT2D eigenvalue weighted by atomic mass is 16.5. The van der Waals surface area contributed by atoms with Gasteiger partial charge in [0.1, 0.15) is 0 Å². The average molecular weight is 251 g/mol. The number of aliphatic hydroxyl groups is 1. The summed E-state index contributed by atoms with van der Waals surface area (Å²) in [6.07, 6.45) is -0.876. The first kappa shape index (κ1) is 15.2. The van der Waals surface area contributed by atoms with Gasteiger partial charge < -0.3 is 15.6 Å². The normalized spacial score (nSPS) is 16.4. The lowest BCUT2D eigenvalue weighted by Crippen LogP contribution is -2.29. The summed E-state index contributed by atoms with van der Waals surface area (Å²) < 4.78 is 5.87. The third-order valence-corrected chi connectivity index (χ3v) is 3.33. The molecule has 18 heavy (non-hydrogen) atoms. The fourth-order valence-electron chi connectivity index (χ4n) is 2.31. The molecule has 0 saturated carbocycles. The standard InChI is InChI=1S/C15H25NO2/c1-9-6-10(2)15(11(3)7-9)14(8-16)18-13(5)12(4)17/h6-7,12-14,17H,8,16H2,1-5H3. The molecule has 3 nitrogen and oxygen atoms in total. The summed E-state index contributed by atoms with van der Waals surface area (Å²) in [5, 5.41) is 9.53. The predicted octanol–water partition coefficient (Wildman–Crippen LogP) is 2.40. The maximum Gasteiger partial charge on any atom is 0.0957 e. The van der Waals surface area contributed by atoms with Gasteiger partial charge >= 0.3 is 0 Å². The van der Waals surface area contributed by atoms with Gasteiger partial charge in [-0.15, -0.1) is 0 Å². The summed E-state index contributed by atoms with van der Waals surface area (Å²) in [6, 6.07) is 4.28. The van der Waals surface area contributed by atoms with Crippen molar-refractivity contribution in [2.45, 2.75) is 52.9 Å². The molecule has 0 aliphatic carbocycles. The fourth-order valence-corrected chi connectivity index (χ4v) is 2.31. The van der Waals surface area contributed by atoms with Crippen molar-refractivity contribution in [3.8, 4) is 0 Å². The quantitative estimate of drug-likeness (QED) is 0.845. The second-order valence-corrected chi connectivity index (χ2v) is 5.12. The van der Waals surface area contributed by atoms with E-state index in [1.165, 1.54) is 16.7 Å². The van der Waals surface area contributed by atoms with Crippen molar-refractivity contribution in [2.75, 3.05) is 6.54 Å². The fraction of sp³-hybridized carbons (Fsp3) is 0.600. The van der Waals surface area contributed by atoms with Gasteiger partial charge in [-0.25, -0.2) is 0 Å². The zero-order chi connectivity index (χ0) is 13.9. The van der Waals surface area contributed by atoms with Gasteiger partial charge in [0.25, 0.3) is 0 Å². The highest BCUT2D eigenvalue weighted by Crippen LogP contribution is 2.27. The molecule has 0 radical (unpaired) electrons. The Morgan fingerprint density at radius 3 is 2.06 bits per heavy atom. The van der Waals surface area contributed by atoms with E-state index in [9.17, 15) is 5.11 Å². The molecule has 0 fully saturated rings. The molecule has 0 aromatic heterocycles. The number of hydrogen-bond acceptors (Lipinski definition) is 3. The van der Waals surface area contributed by atoms with Crippen LogP contribution in [0.5, 0.6) is 0 Å². The second-order valence-electron chi connectivity index (χ2n) is 5.12. The van der Waals surface area contributed by atoms with Crippen LogP contribution in [0.25, 0.3) is 0 Å². The molecule has 3 N–H and O–H groups in total. The van der Waals surface area contributed by atoms with Crippen LogP contribution in [0, 0.1) is 20.8 Å². The molecule has 1 aromatic carbocycles. The van der Waals surface area contributed by atoms with Crippen LogP contribution < -0.4 is 5.73 Å². The summed E-state index contributed by atoms with van der Waals surface area (Å²) in [5.41, 5.74) is 10.6. The van der Waals surface area contributed by atoms with E-state index < -0.39 is 6.10 Å². The van der Waals surface area contributed by atoms with Crippen molar-refractivity contribution in [3.63, 3.8) is 0 Å². The maximum absolute atomic E-state index is 9.53. The molecular formula is C15H25NO2. The SMILES string of the molecule is Cc1cc(C)c(C(CN)OC(C)C(C)O)c(C)c1. The molecular weight excluding hydrogens is 226 g/mol. The van der Waals surface area contributed by atoms with E-state index in [1.54, 1.807) is 6.92 Å². The van der Waals surface area contributed by atoms with Gasteiger partial charge in [-0.1, -0.05) is 17.7 Å². The van der Waals surface area contributed by atoms with E-state index in [1.807, 2.05) is 6.92 Å². The van der Waals surface area contributed by atoms with Crippen molar-refractivity contribution in [1.82, 2.24) is 0 Å². The molecule has 3 unspecified atom stereocenters. The molecule has 1 rings (SSSR count). The lowest BCUT2D eigenvalue weighted by Gasteiger charge is -2.26. The molecule has 3 heteroatoms. The summed E-state index contributed by atoms with van der Waals surface area (Å²) in [7, 11) is 0. The molecule has 0 aliphatic rings. The Balaban J connectivity index is 3.02. The van der Waals surface area contributed by atoms with Crippen LogP contribution in [0.4, 0.5) is 0 Å². The number of hydrogen-bond donors (Lipinski definition) is 2. The van der Waals surface area contributed by atoms with Gasteiger partial charge in [-0.2, -0.15) is 0 Å². The number of rotatable bonds is 5. The summed E-state index contributed by atoms with van der Waals surface area (Å²) in [6.45, 7) is 10.3. The highest BCUT2D eigenvalue weighted by molar-refractivity contribution is 5.39. The van der Waals surface area contributed by atoms with Gasteiger partial charge in [0.05, 0.1) is 18.3 Å². The lowest BCUT2D eigenvalue weighted by molar-refractivity contribution is -0.0595. The monoisotopic (exact) mass is 251 g/mol. The van der Waals surface area contributed by atoms with Crippen molar-refractivity contribution < 1.29 is 9.84 Å².